The van der Waals surface area contributed by atoms with Crippen LogP contribution in [0.1, 0.15) is 36.7 Å². The SMILES string of the molecule is CCc1ccc(C(=O)N(CC)CC(=O)Nc2ccc(NC(C)=O)cc2)cc1. The molecule has 6 nitrogen and oxygen atoms in total. The molecular formula is C21H25N3O3. The van der Waals surface area contributed by atoms with E-state index in [0.29, 0.717) is 23.5 Å². The second-order valence-corrected chi connectivity index (χ2v) is 6.18. The number of amides is 3. The average molecular weight is 367 g/mol. The molecule has 0 heterocycles. The molecule has 0 aliphatic carbocycles. The molecule has 0 radical (unpaired) electrons. The van der Waals surface area contributed by atoms with Crippen LogP contribution in [0, 0.1) is 0 Å². The number of benzene rings is 2. The van der Waals surface area contributed by atoms with Crippen molar-refractivity contribution in [3.8, 4) is 0 Å². The molecule has 2 rings (SSSR count). The lowest BCUT2D eigenvalue weighted by molar-refractivity contribution is -0.117. The summed E-state index contributed by atoms with van der Waals surface area (Å²) in [5.41, 5.74) is 2.99. The maximum absolute atomic E-state index is 12.6. The zero-order valence-corrected chi connectivity index (χ0v) is 15.9. The number of carbonyl (C=O) groups excluding carboxylic acids is 3. The van der Waals surface area contributed by atoms with Gasteiger partial charge in [0, 0.05) is 30.4 Å². The molecule has 0 unspecified atom stereocenters. The Morgan fingerprint density at radius 2 is 1.41 bits per heavy atom. The van der Waals surface area contributed by atoms with E-state index in [1.165, 1.54) is 11.8 Å². The first-order valence-electron chi connectivity index (χ1n) is 8.98. The lowest BCUT2D eigenvalue weighted by Gasteiger charge is -2.20. The molecule has 0 atom stereocenters. The van der Waals surface area contributed by atoms with Gasteiger partial charge in [0.15, 0.2) is 0 Å². The van der Waals surface area contributed by atoms with Crippen molar-refractivity contribution in [2.24, 2.45) is 0 Å². The molecule has 2 N–H and O–H groups in total. The zero-order chi connectivity index (χ0) is 19.8. The predicted molar refractivity (Wildman–Crippen MR) is 107 cm³/mol. The van der Waals surface area contributed by atoms with Crippen LogP contribution in [-0.2, 0) is 16.0 Å². The fraction of sp³-hybridized carbons (Fsp3) is 0.286. The summed E-state index contributed by atoms with van der Waals surface area (Å²) in [5, 5.41) is 5.43. The van der Waals surface area contributed by atoms with Crippen LogP contribution in [0.15, 0.2) is 48.5 Å². The second-order valence-electron chi connectivity index (χ2n) is 6.18. The van der Waals surface area contributed by atoms with Gasteiger partial charge in [-0.1, -0.05) is 19.1 Å². The Balaban J connectivity index is 1.97. The monoisotopic (exact) mass is 367 g/mol. The Labute approximate surface area is 159 Å². The quantitative estimate of drug-likeness (QED) is 0.788. The molecule has 0 aliphatic heterocycles. The van der Waals surface area contributed by atoms with E-state index < -0.39 is 0 Å². The van der Waals surface area contributed by atoms with Gasteiger partial charge in [-0.2, -0.15) is 0 Å². The molecule has 3 amide bonds. The van der Waals surface area contributed by atoms with Crippen LogP contribution in [0.3, 0.4) is 0 Å². The second kappa shape index (κ2) is 9.52. The minimum atomic E-state index is -0.275. The summed E-state index contributed by atoms with van der Waals surface area (Å²) >= 11 is 0. The summed E-state index contributed by atoms with van der Waals surface area (Å²) in [6, 6.07) is 14.3. The molecule has 142 valence electrons. The Hall–Kier alpha value is -3.15. The van der Waals surface area contributed by atoms with E-state index in [1.54, 1.807) is 36.4 Å². The maximum Gasteiger partial charge on any atom is 0.254 e. The van der Waals surface area contributed by atoms with Crippen molar-refractivity contribution in [1.29, 1.82) is 0 Å². The molecule has 2 aromatic rings. The lowest BCUT2D eigenvalue weighted by Crippen LogP contribution is -2.37. The number of aryl methyl sites for hydroxylation is 1. The number of hydrogen-bond acceptors (Lipinski definition) is 3. The van der Waals surface area contributed by atoms with E-state index in [0.717, 1.165) is 12.0 Å². The highest BCUT2D eigenvalue weighted by atomic mass is 16.2. The van der Waals surface area contributed by atoms with Crippen molar-refractivity contribution in [1.82, 2.24) is 4.90 Å². The van der Waals surface area contributed by atoms with Gasteiger partial charge in [-0.25, -0.2) is 0 Å². The number of carbonyl (C=O) groups is 3. The van der Waals surface area contributed by atoms with Gasteiger partial charge < -0.3 is 15.5 Å². The van der Waals surface area contributed by atoms with Crippen LogP contribution in [0.5, 0.6) is 0 Å². The van der Waals surface area contributed by atoms with Crippen LogP contribution in [0.4, 0.5) is 11.4 Å². The Bertz CT molecular complexity index is 798. The third kappa shape index (κ3) is 5.95. The first-order chi connectivity index (χ1) is 12.9. The molecule has 2 aromatic carbocycles. The summed E-state index contributed by atoms with van der Waals surface area (Å²) < 4.78 is 0. The van der Waals surface area contributed by atoms with E-state index >= 15 is 0 Å². The van der Waals surface area contributed by atoms with Crippen molar-refractivity contribution < 1.29 is 14.4 Å². The Kier molecular flexibility index (Phi) is 7.11. The van der Waals surface area contributed by atoms with Gasteiger partial charge in [-0.05, 0) is 55.3 Å². The van der Waals surface area contributed by atoms with Gasteiger partial charge >= 0.3 is 0 Å². The van der Waals surface area contributed by atoms with E-state index in [1.807, 2.05) is 19.1 Å². The number of nitrogens with one attached hydrogen (secondary N) is 2. The fourth-order valence-corrected chi connectivity index (χ4v) is 2.61. The van der Waals surface area contributed by atoms with Crippen molar-refractivity contribution in [3.05, 3.63) is 59.7 Å². The van der Waals surface area contributed by atoms with Crippen LogP contribution in [0.25, 0.3) is 0 Å². The summed E-state index contributed by atoms with van der Waals surface area (Å²) in [6.07, 6.45) is 0.912. The van der Waals surface area contributed by atoms with Gasteiger partial charge in [0.05, 0.1) is 0 Å². The molecule has 27 heavy (non-hydrogen) atoms. The van der Waals surface area contributed by atoms with E-state index in [-0.39, 0.29) is 24.3 Å². The highest BCUT2D eigenvalue weighted by Gasteiger charge is 2.17. The van der Waals surface area contributed by atoms with Crippen molar-refractivity contribution >= 4 is 29.1 Å². The van der Waals surface area contributed by atoms with Crippen molar-refractivity contribution in [2.75, 3.05) is 23.7 Å². The zero-order valence-electron chi connectivity index (χ0n) is 15.9. The summed E-state index contributed by atoms with van der Waals surface area (Å²) in [6.45, 7) is 5.74. The smallest absolute Gasteiger partial charge is 0.254 e. The van der Waals surface area contributed by atoms with Gasteiger partial charge in [0.2, 0.25) is 11.8 Å². The summed E-state index contributed by atoms with van der Waals surface area (Å²) in [7, 11) is 0. The molecule has 0 fully saturated rings. The largest absolute Gasteiger partial charge is 0.330 e. The van der Waals surface area contributed by atoms with Crippen LogP contribution in [0.2, 0.25) is 0 Å². The van der Waals surface area contributed by atoms with Crippen molar-refractivity contribution in [3.63, 3.8) is 0 Å². The van der Waals surface area contributed by atoms with E-state index in [9.17, 15) is 14.4 Å². The van der Waals surface area contributed by atoms with Crippen molar-refractivity contribution in [2.45, 2.75) is 27.2 Å². The molecular weight excluding hydrogens is 342 g/mol. The first-order valence-corrected chi connectivity index (χ1v) is 8.98. The fourth-order valence-electron chi connectivity index (χ4n) is 2.61. The molecule has 0 aromatic heterocycles. The van der Waals surface area contributed by atoms with Crippen LogP contribution >= 0.6 is 0 Å². The summed E-state index contributed by atoms with van der Waals surface area (Å²) in [4.78, 5) is 37.5. The molecule has 0 bridgehead atoms. The third-order valence-electron chi connectivity index (χ3n) is 4.10. The predicted octanol–water partition coefficient (Wildman–Crippen LogP) is 3.31. The van der Waals surface area contributed by atoms with Gasteiger partial charge in [0.1, 0.15) is 6.54 Å². The number of anilines is 2. The van der Waals surface area contributed by atoms with Gasteiger partial charge in [-0.15, -0.1) is 0 Å². The minimum absolute atomic E-state index is 0.0295. The standard InChI is InChI=1S/C21H25N3O3/c1-4-16-6-8-17(9-7-16)21(27)24(5-2)14-20(26)23-19-12-10-18(11-13-19)22-15(3)25/h6-13H,4-5,14H2,1-3H3,(H,22,25)(H,23,26). The number of rotatable bonds is 7. The highest BCUT2D eigenvalue weighted by Crippen LogP contribution is 2.14. The molecule has 0 saturated carbocycles. The average Bonchev–Trinajstić information content (AvgIpc) is 2.67. The van der Waals surface area contributed by atoms with Crippen LogP contribution < -0.4 is 10.6 Å². The minimum Gasteiger partial charge on any atom is -0.330 e. The Morgan fingerprint density at radius 1 is 0.852 bits per heavy atom. The summed E-state index contributed by atoms with van der Waals surface area (Å²) in [5.74, 6) is -0.602. The molecule has 0 aliphatic rings. The maximum atomic E-state index is 12.6. The van der Waals surface area contributed by atoms with E-state index in [4.69, 9.17) is 0 Å². The number of likely N-dealkylation sites (N-methyl/N-ethyl adjacent to an activating group) is 1. The van der Waals surface area contributed by atoms with Gasteiger partial charge in [0.25, 0.3) is 5.91 Å². The van der Waals surface area contributed by atoms with Gasteiger partial charge in [-0.3, -0.25) is 14.4 Å². The first kappa shape index (κ1) is 20.2. The number of hydrogen-bond donors (Lipinski definition) is 2. The lowest BCUT2D eigenvalue weighted by atomic mass is 10.1. The highest BCUT2D eigenvalue weighted by molar-refractivity contribution is 5.99. The normalized spacial score (nSPS) is 10.2. The molecule has 0 spiro atoms. The number of nitrogens with zero attached hydrogens (tertiary/aromatic N) is 1. The topological polar surface area (TPSA) is 78.5 Å². The molecule has 0 saturated heterocycles. The Morgan fingerprint density at radius 3 is 1.89 bits per heavy atom. The molecule has 6 heteroatoms. The van der Waals surface area contributed by atoms with E-state index in [2.05, 4.69) is 17.6 Å². The van der Waals surface area contributed by atoms with Crippen LogP contribution in [-0.4, -0.2) is 35.7 Å². The third-order valence-corrected chi connectivity index (χ3v) is 4.10.